The molecular formula is C20H33N3O4S2. The molecule has 0 saturated carbocycles. The number of rotatable bonds is 9. The van der Waals surface area contributed by atoms with E-state index in [2.05, 4.69) is 24.1 Å². The maximum absolute atomic E-state index is 12.9. The topological polar surface area (TPSA) is 79.0 Å². The number of nitrogens with zero attached hydrogens (tertiary/aromatic N) is 2. The summed E-state index contributed by atoms with van der Waals surface area (Å²) in [7, 11) is -3.60. The number of sulfonamides is 1. The highest BCUT2D eigenvalue weighted by Crippen LogP contribution is 2.28. The van der Waals surface area contributed by atoms with Crippen LogP contribution in [0.3, 0.4) is 0 Å². The Morgan fingerprint density at radius 2 is 1.83 bits per heavy atom. The zero-order chi connectivity index (χ0) is 20.9. The Morgan fingerprint density at radius 1 is 1.17 bits per heavy atom. The Kier molecular flexibility index (Phi) is 8.09. The zero-order valence-electron chi connectivity index (χ0n) is 17.4. The number of hydrogen-bond acceptors (Lipinski definition) is 6. The molecule has 2 fully saturated rings. The van der Waals surface area contributed by atoms with Gasteiger partial charge in [0.1, 0.15) is 9.77 Å². The van der Waals surface area contributed by atoms with Gasteiger partial charge in [0.05, 0.1) is 13.2 Å². The molecule has 2 aliphatic rings. The number of hydrogen-bond donors (Lipinski definition) is 1. The van der Waals surface area contributed by atoms with Crippen LogP contribution in [0.15, 0.2) is 16.3 Å². The Labute approximate surface area is 178 Å². The molecule has 1 aromatic rings. The smallest absolute Gasteiger partial charge is 0.262 e. The molecule has 2 saturated heterocycles. The van der Waals surface area contributed by atoms with E-state index in [9.17, 15) is 13.2 Å². The van der Waals surface area contributed by atoms with Crippen molar-refractivity contribution in [3.05, 3.63) is 16.3 Å². The lowest BCUT2D eigenvalue weighted by Crippen LogP contribution is -2.52. The van der Waals surface area contributed by atoms with Crippen molar-refractivity contribution in [1.29, 1.82) is 0 Å². The van der Waals surface area contributed by atoms with Crippen molar-refractivity contribution in [2.75, 3.05) is 45.9 Å². The van der Waals surface area contributed by atoms with Crippen LogP contribution in [0.2, 0.25) is 0 Å². The first-order valence-corrected chi connectivity index (χ1v) is 13.0. The van der Waals surface area contributed by atoms with E-state index in [4.69, 9.17) is 4.74 Å². The molecule has 29 heavy (non-hydrogen) atoms. The van der Waals surface area contributed by atoms with Gasteiger partial charge in [0.2, 0.25) is 10.0 Å². The summed E-state index contributed by atoms with van der Waals surface area (Å²) in [5.74, 6) is 0.187. The summed E-state index contributed by atoms with van der Waals surface area (Å²) in [4.78, 5) is 15.8. The van der Waals surface area contributed by atoms with Crippen LogP contribution in [-0.4, -0.2) is 75.5 Å². The molecule has 0 aromatic carbocycles. The molecule has 7 nitrogen and oxygen atoms in total. The third kappa shape index (κ3) is 5.19. The third-order valence-corrected chi connectivity index (χ3v) is 9.08. The van der Waals surface area contributed by atoms with Gasteiger partial charge >= 0.3 is 0 Å². The van der Waals surface area contributed by atoms with E-state index in [-0.39, 0.29) is 16.8 Å². The van der Waals surface area contributed by atoms with Gasteiger partial charge < -0.3 is 10.1 Å². The van der Waals surface area contributed by atoms with Crippen LogP contribution in [0, 0.1) is 5.92 Å². The van der Waals surface area contributed by atoms with Crippen LogP contribution in [0.25, 0.3) is 0 Å². The standard InChI is InChI=1S/C20H33N3O4S2/c1-3-16(4-2)17(22-10-12-27-13-11-22)15-21-20(24)19-18(7-14-28-19)29(25,26)23-8-5-6-9-23/h7,14,16-17H,3-6,8-13,15H2,1-2H3,(H,21,24). The van der Waals surface area contributed by atoms with Crippen molar-refractivity contribution in [2.24, 2.45) is 5.92 Å². The second-order valence-corrected chi connectivity index (χ2v) is 10.5. The molecule has 1 atom stereocenters. The van der Waals surface area contributed by atoms with Crippen LogP contribution in [0.5, 0.6) is 0 Å². The van der Waals surface area contributed by atoms with Crippen molar-refractivity contribution < 1.29 is 17.9 Å². The number of thiophene rings is 1. The summed E-state index contributed by atoms with van der Waals surface area (Å²) in [6.07, 6.45) is 3.84. The van der Waals surface area contributed by atoms with Crippen LogP contribution in [0.1, 0.15) is 49.2 Å². The quantitative estimate of drug-likeness (QED) is 0.634. The molecule has 1 aromatic heterocycles. The zero-order valence-corrected chi connectivity index (χ0v) is 19.1. The van der Waals surface area contributed by atoms with E-state index in [1.54, 1.807) is 11.4 Å². The average Bonchev–Trinajstić information content (AvgIpc) is 3.44. The molecule has 164 valence electrons. The molecule has 3 heterocycles. The summed E-state index contributed by atoms with van der Waals surface area (Å²) in [5, 5.41) is 4.73. The molecule has 1 unspecified atom stereocenters. The minimum atomic E-state index is -3.60. The Hall–Kier alpha value is -1.00. The number of amides is 1. The van der Waals surface area contributed by atoms with Gasteiger partial charge in [-0.2, -0.15) is 4.31 Å². The highest BCUT2D eigenvalue weighted by molar-refractivity contribution is 7.89. The van der Waals surface area contributed by atoms with E-state index in [1.807, 2.05) is 0 Å². The first-order valence-electron chi connectivity index (χ1n) is 10.7. The van der Waals surface area contributed by atoms with Crippen LogP contribution in [0.4, 0.5) is 0 Å². The van der Waals surface area contributed by atoms with E-state index >= 15 is 0 Å². The highest BCUT2D eigenvalue weighted by Gasteiger charge is 2.33. The summed E-state index contributed by atoms with van der Waals surface area (Å²) >= 11 is 1.20. The van der Waals surface area contributed by atoms with E-state index in [1.165, 1.54) is 15.6 Å². The van der Waals surface area contributed by atoms with Crippen molar-refractivity contribution in [2.45, 2.75) is 50.5 Å². The van der Waals surface area contributed by atoms with Crippen molar-refractivity contribution in [1.82, 2.24) is 14.5 Å². The van der Waals surface area contributed by atoms with E-state index in [0.717, 1.165) is 38.8 Å². The largest absolute Gasteiger partial charge is 0.379 e. The van der Waals surface area contributed by atoms with Crippen LogP contribution >= 0.6 is 11.3 Å². The molecule has 0 radical (unpaired) electrons. The monoisotopic (exact) mass is 443 g/mol. The molecular weight excluding hydrogens is 410 g/mol. The van der Waals surface area contributed by atoms with Crippen LogP contribution < -0.4 is 5.32 Å². The molecule has 1 amide bonds. The maximum atomic E-state index is 12.9. The number of carbonyl (C=O) groups excluding carboxylic acids is 1. The first kappa shape index (κ1) is 22.7. The van der Waals surface area contributed by atoms with E-state index in [0.29, 0.717) is 43.6 Å². The maximum Gasteiger partial charge on any atom is 0.262 e. The minimum Gasteiger partial charge on any atom is -0.379 e. The fraction of sp³-hybridized carbons (Fsp3) is 0.750. The van der Waals surface area contributed by atoms with Gasteiger partial charge in [-0.1, -0.05) is 26.7 Å². The van der Waals surface area contributed by atoms with E-state index < -0.39 is 10.0 Å². The predicted molar refractivity (Wildman–Crippen MR) is 115 cm³/mol. The summed E-state index contributed by atoms with van der Waals surface area (Å²) in [5.41, 5.74) is 0. The van der Waals surface area contributed by atoms with Gasteiger partial charge in [-0.05, 0) is 30.2 Å². The lowest BCUT2D eigenvalue weighted by Gasteiger charge is -2.38. The molecule has 0 spiro atoms. The lowest BCUT2D eigenvalue weighted by molar-refractivity contribution is 0.00191. The molecule has 9 heteroatoms. The Balaban J connectivity index is 1.71. The van der Waals surface area contributed by atoms with Gasteiger partial charge in [-0.15, -0.1) is 11.3 Å². The number of ether oxygens (including phenoxy) is 1. The Bertz CT molecular complexity index is 764. The minimum absolute atomic E-state index is 0.146. The second kappa shape index (κ2) is 10.3. The lowest BCUT2D eigenvalue weighted by atomic mass is 9.92. The average molecular weight is 444 g/mol. The fourth-order valence-corrected chi connectivity index (χ4v) is 7.18. The Morgan fingerprint density at radius 3 is 2.45 bits per heavy atom. The number of nitrogens with one attached hydrogen (secondary N) is 1. The molecule has 2 aliphatic heterocycles. The van der Waals surface area contributed by atoms with Crippen LogP contribution in [-0.2, 0) is 14.8 Å². The number of carbonyl (C=O) groups is 1. The van der Waals surface area contributed by atoms with Crippen molar-refractivity contribution in [3.8, 4) is 0 Å². The molecule has 0 aliphatic carbocycles. The number of morpholine rings is 1. The van der Waals surface area contributed by atoms with Gasteiger partial charge in [-0.25, -0.2) is 8.42 Å². The van der Waals surface area contributed by atoms with Gasteiger partial charge in [0.25, 0.3) is 5.91 Å². The summed E-state index contributed by atoms with van der Waals surface area (Å²) in [6.45, 7) is 9.12. The van der Waals surface area contributed by atoms with Gasteiger partial charge in [-0.3, -0.25) is 9.69 Å². The predicted octanol–water partition coefficient (Wildman–Crippen LogP) is 2.40. The third-order valence-electron chi connectivity index (χ3n) is 6.10. The van der Waals surface area contributed by atoms with Gasteiger partial charge in [0.15, 0.2) is 0 Å². The molecule has 0 bridgehead atoms. The second-order valence-electron chi connectivity index (χ2n) is 7.73. The normalized spacial score (nSPS) is 20.2. The van der Waals surface area contributed by atoms with Gasteiger partial charge in [0, 0.05) is 38.8 Å². The fourth-order valence-electron chi connectivity index (χ4n) is 4.35. The SMILES string of the molecule is CCC(CC)C(CNC(=O)c1sccc1S(=O)(=O)N1CCCC1)N1CCOCC1. The van der Waals surface area contributed by atoms with Crippen molar-refractivity contribution >= 4 is 27.3 Å². The molecule has 3 rings (SSSR count). The first-order chi connectivity index (χ1) is 14.0. The molecule has 1 N–H and O–H groups in total. The van der Waals surface area contributed by atoms with Crippen molar-refractivity contribution in [3.63, 3.8) is 0 Å². The highest BCUT2D eigenvalue weighted by atomic mass is 32.2. The summed E-state index contributed by atoms with van der Waals surface area (Å²) in [6, 6.07) is 1.80. The summed E-state index contributed by atoms with van der Waals surface area (Å²) < 4.78 is 32.9.